The van der Waals surface area contributed by atoms with Crippen LogP contribution in [0, 0.1) is 5.82 Å². The van der Waals surface area contributed by atoms with Gasteiger partial charge < -0.3 is 11.1 Å². The third kappa shape index (κ3) is 7.95. The highest BCUT2D eigenvalue weighted by Crippen LogP contribution is 2.19. The molecule has 0 aliphatic heterocycles. The molecule has 0 spiro atoms. The number of amides is 1. The molecule has 21 heavy (non-hydrogen) atoms. The standard InChI is InChI=1S/C13H11ClFN.C2H6.CH3NO/c14-12-8-11(6-7-13(12)15)16-9-10-4-2-1-3-5-10;1-2;2-1-3/h1-8,16H,9H2;1-2H3;1H,(H2,2,3). The average molecular weight is 311 g/mol. The highest BCUT2D eigenvalue weighted by atomic mass is 35.5. The molecule has 114 valence electrons. The summed E-state index contributed by atoms with van der Waals surface area (Å²) in [5, 5.41) is 3.31. The first kappa shape index (κ1) is 18.9. The largest absolute Gasteiger partial charge is 0.381 e. The van der Waals surface area contributed by atoms with Crippen molar-refractivity contribution in [1.29, 1.82) is 0 Å². The molecule has 3 N–H and O–H groups in total. The fourth-order valence-corrected chi connectivity index (χ4v) is 1.59. The van der Waals surface area contributed by atoms with E-state index in [2.05, 4.69) is 11.1 Å². The molecule has 1 amide bonds. The number of nitrogens with two attached hydrogens (primary N) is 1. The Labute approximate surface area is 129 Å². The van der Waals surface area contributed by atoms with Crippen molar-refractivity contribution in [1.82, 2.24) is 0 Å². The van der Waals surface area contributed by atoms with Crippen molar-refractivity contribution in [3.05, 3.63) is 64.9 Å². The number of halogens is 2. The molecule has 3 nitrogen and oxygen atoms in total. The summed E-state index contributed by atoms with van der Waals surface area (Å²) in [7, 11) is 0. The van der Waals surface area contributed by atoms with E-state index < -0.39 is 5.82 Å². The van der Waals surface area contributed by atoms with E-state index in [9.17, 15) is 4.39 Å². The molecule has 0 saturated heterocycles. The van der Waals surface area contributed by atoms with E-state index in [0.29, 0.717) is 6.54 Å². The van der Waals surface area contributed by atoms with Crippen LogP contribution in [0.4, 0.5) is 10.1 Å². The number of rotatable bonds is 3. The summed E-state index contributed by atoms with van der Waals surface area (Å²) in [5.41, 5.74) is 6.15. The topological polar surface area (TPSA) is 55.1 Å². The Morgan fingerprint density at radius 3 is 2.29 bits per heavy atom. The van der Waals surface area contributed by atoms with Gasteiger partial charge in [-0.3, -0.25) is 4.79 Å². The number of hydrogen-bond acceptors (Lipinski definition) is 2. The molecule has 2 rings (SSSR count). The first-order chi connectivity index (χ1) is 10.2. The van der Waals surface area contributed by atoms with E-state index in [1.54, 1.807) is 12.1 Å². The van der Waals surface area contributed by atoms with Crippen LogP contribution in [0.5, 0.6) is 0 Å². The van der Waals surface area contributed by atoms with Crippen LogP contribution in [0.15, 0.2) is 48.5 Å². The quantitative estimate of drug-likeness (QED) is 0.834. The normalized spacial score (nSPS) is 8.57. The first-order valence-corrected chi connectivity index (χ1v) is 6.93. The molecule has 0 radical (unpaired) electrons. The second kappa shape index (κ2) is 11.7. The van der Waals surface area contributed by atoms with Gasteiger partial charge in [0.25, 0.3) is 0 Å². The van der Waals surface area contributed by atoms with Gasteiger partial charge in [-0.15, -0.1) is 0 Å². The van der Waals surface area contributed by atoms with Gasteiger partial charge in [-0.1, -0.05) is 55.8 Å². The molecule has 0 atom stereocenters. The second-order valence-corrected chi connectivity index (χ2v) is 4.01. The minimum atomic E-state index is -0.396. The zero-order valence-corrected chi connectivity index (χ0v) is 12.9. The van der Waals surface area contributed by atoms with Crippen LogP contribution >= 0.6 is 11.6 Å². The van der Waals surface area contributed by atoms with Gasteiger partial charge in [-0.25, -0.2) is 4.39 Å². The second-order valence-electron chi connectivity index (χ2n) is 3.60. The lowest BCUT2D eigenvalue weighted by atomic mass is 10.2. The maximum atomic E-state index is 12.9. The molecule has 5 heteroatoms. The fourth-order valence-electron chi connectivity index (χ4n) is 1.41. The Balaban J connectivity index is 0.000000713. The highest BCUT2D eigenvalue weighted by Gasteiger charge is 2.00. The summed E-state index contributed by atoms with van der Waals surface area (Å²) < 4.78 is 12.9. The van der Waals surface area contributed by atoms with Gasteiger partial charge in [0.2, 0.25) is 6.41 Å². The predicted octanol–water partition coefficient (Wildman–Crippen LogP) is 4.22. The van der Waals surface area contributed by atoms with Crippen LogP contribution in [0.3, 0.4) is 0 Å². The van der Waals surface area contributed by atoms with Gasteiger partial charge in [0.15, 0.2) is 0 Å². The van der Waals surface area contributed by atoms with Crippen LogP contribution in [0.2, 0.25) is 5.02 Å². The van der Waals surface area contributed by atoms with Crippen molar-refractivity contribution in [2.24, 2.45) is 5.73 Å². The van der Waals surface area contributed by atoms with E-state index in [-0.39, 0.29) is 11.4 Å². The number of nitrogens with one attached hydrogen (secondary N) is 1. The Hall–Kier alpha value is -2.07. The number of carbonyl (C=O) groups excluding carboxylic acids is 1. The smallest absolute Gasteiger partial charge is 0.204 e. The number of hydrogen-bond donors (Lipinski definition) is 2. The van der Waals surface area contributed by atoms with Crippen LogP contribution in [0.25, 0.3) is 0 Å². The maximum Gasteiger partial charge on any atom is 0.204 e. The molecule has 2 aromatic carbocycles. The number of benzene rings is 2. The average Bonchev–Trinajstić information content (AvgIpc) is 2.52. The van der Waals surface area contributed by atoms with Gasteiger partial charge in [0, 0.05) is 12.2 Å². The van der Waals surface area contributed by atoms with Crippen LogP contribution in [-0.2, 0) is 11.3 Å². The Morgan fingerprint density at radius 2 is 1.76 bits per heavy atom. The molecule has 0 bridgehead atoms. The van der Waals surface area contributed by atoms with Crippen molar-refractivity contribution >= 4 is 23.7 Å². The molecule has 0 aromatic heterocycles. The van der Waals surface area contributed by atoms with Gasteiger partial charge in [0.05, 0.1) is 5.02 Å². The number of primary amides is 1. The SMILES string of the molecule is CC.Fc1ccc(NCc2ccccc2)cc1Cl.NC=O. The maximum absolute atomic E-state index is 12.9. The Kier molecular flexibility index (Phi) is 10.6. The molecule has 0 saturated carbocycles. The van der Waals surface area contributed by atoms with E-state index in [4.69, 9.17) is 16.4 Å². The summed E-state index contributed by atoms with van der Waals surface area (Å²) in [4.78, 5) is 8.58. The minimum Gasteiger partial charge on any atom is -0.381 e. The lowest BCUT2D eigenvalue weighted by Gasteiger charge is -2.06. The Bertz CT molecular complexity index is 521. The lowest BCUT2D eigenvalue weighted by molar-refractivity contribution is -0.106. The molecular weight excluding hydrogens is 291 g/mol. The van der Waals surface area contributed by atoms with Crippen LogP contribution < -0.4 is 11.1 Å². The molecular formula is C16H20ClFN2O. The lowest BCUT2D eigenvalue weighted by Crippen LogP contribution is -1.99. The van der Waals surface area contributed by atoms with Crippen molar-refractivity contribution in [3.8, 4) is 0 Å². The van der Waals surface area contributed by atoms with E-state index in [1.807, 2.05) is 44.2 Å². The summed E-state index contributed by atoms with van der Waals surface area (Å²) in [6.07, 6.45) is 0.250. The predicted molar refractivity (Wildman–Crippen MR) is 86.8 cm³/mol. The summed E-state index contributed by atoms with van der Waals surface area (Å²) in [5.74, 6) is -0.396. The summed E-state index contributed by atoms with van der Waals surface area (Å²) in [6.45, 7) is 4.70. The van der Waals surface area contributed by atoms with Gasteiger partial charge >= 0.3 is 0 Å². The fraction of sp³-hybridized carbons (Fsp3) is 0.188. The van der Waals surface area contributed by atoms with E-state index >= 15 is 0 Å². The molecule has 0 heterocycles. The third-order valence-corrected chi connectivity index (χ3v) is 2.55. The molecule has 0 aliphatic rings. The van der Waals surface area contributed by atoms with Crippen LogP contribution in [0.1, 0.15) is 19.4 Å². The van der Waals surface area contributed by atoms with Crippen LogP contribution in [-0.4, -0.2) is 6.41 Å². The molecule has 0 fully saturated rings. The van der Waals surface area contributed by atoms with Crippen molar-refractivity contribution < 1.29 is 9.18 Å². The highest BCUT2D eigenvalue weighted by molar-refractivity contribution is 6.31. The number of carbonyl (C=O) groups is 1. The molecule has 0 aliphatic carbocycles. The zero-order valence-electron chi connectivity index (χ0n) is 12.1. The van der Waals surface area contributed by atoms with E-state index in [0.717, 1.165) is 5.69 Å². The molecule has 2 aromatic rings. The summed E-state index contributed by atoms with van der Waals surface area (Å²) in [6, 6.07) is 14.6. The third-order valence-electron chi connectivity index (χ3n) is 2.26. The first-order valence-electron chi connectivity index (χ1n) is 6.55. The zero-order chi connectivity index (χ0) is 16.1. The summed E-state index contributed by atoms with van der Waals surface area (Å²) >= 11 is 5.68. The van der Waals surface area contributed by atoms with Crippen molar-refractivity contribution in [2.75, 3.05) is 5.32 Å². The minimum absolute atomic E-state index is 0.137. The molecule has 0 unspecified atom stereocenters. The van der Waals surface area contributed by atoms with Crippen molar-refractivity contribution in [3.63, 3.8) is 0 Å². The van der Waals surface area contributed by atoms with Gasteiger partial charge in [-0.2, -0.15) is 0 Å². The monoisotopic (exact) mass is 310 g/mol. The van der Waals surface area contributed by atoms with Crippen molar-refractivity contribution in [2.45, 2.75) is 20.4 Å². The number of anilines is 1. The van der Waals surface area contributed by atoms with Gasteiger partial charge in [-0.05, 0) is 23.8 Å². The Morgan fingerprint density at radius 1 is 1.19 bits per heavy atom. The van der Waals surface area contributed by atoms with E-state index in [1.165, 1.54) is 11.6 Å². The van der Waals surface area contributed by atoms with Gasteiger partial charge in [0.1, 0.15) is 5.82 Å².